The number of hydrogen-bond donors (Lipinski definition) is 0. The van der Waals surface area contributed by atoms with Gasteiger partial charge in [0.1, 0.15) is 6.61 Å². The number of hydrogen-bond acceptors (Lipinski definition) is 2. The van der Waals surface area contributed by atoms with Crippen LogP contribution < -0.4 is 0 Å². The molecule has 2 nitrogen and oxygen atoms in total. The largest absolute Gasteiger partial charge is 0.374 e. The Hall–Kier alpha value is -0.370. The van der Waals surface area contributed by atoms with Crippen LogP contribution in [0.15, 0.2) is 0 Å². The van der Waals surface area contributed by atoms with Crippen LogP contribution in [-0.4, -0.2) is 19.0 Å². The predicted octanol–water partition coefficient (Wildman–Crippen LogP) is 2.03. The fourth-order valence-electron chi connectivity index (χ4n) is 0.996. The Morgan fingerprint density at radius 1 is 1.50 bits per heavy atom. The molecule has 1 aliphatic rings. The maximum Gasteiger partial charge on any atom is 0.160 e. The summed E-state index contributed by atoms with van der Waals surface area (Å²) in [6, 6.07) is 0. The maximum absolute atomic E-state index is 11.1. The van der Waals surface area contributed by atoms with Crippen molar-refractivity contribution in [2.45, 2.75) is 33.1 Å². The molecule has 0 bridgehead atoms. The third-order valence-electron chi connectivity index (χ3n) is 2.26. The average molecular weight is 170 g/mol. The van der Waals surface area contributed by atoms with Crippen LogP contribution in [0.2, 0.25) is 0 Å². The highest BCUT2D eigenvalue weighted by atomic mass is 16.5. The first kappa shape index (κ1) is 9.72. The molecule has 1 aliphatic carbocycles. The van der Waals surface area contributed by atoms with Crippen molar-refractivity contribution >= 4 is 5.78 Å². The standard InChI is InChI=1S/C10H18O2/c1-8(2)10(11)7-12-6-5-9-3-4-9/h8-9H,3-7H2,1-2H3. The van der Waals surface area contributed by atoms with Gasteiger partial charge in [-0.05, 0) is 12.3 Å². The molecule has 1 fully saturated rings. The molecule has 0 unspecified atom stereocenters. The number of ketones is 1. The fourth-order valence-corrected chi connectivity index (χ4v) is 0.996. The lowest BCUT2D eigenvalue weighted by atomic mass is 10.1. The first-order valence-corrected chi connectivity index (χ1v) is 4.80. The second kappa shape index (κ2) is 4.61. The molecule has 0 heterocycles. The second-order valence-electron chi connectivity index (χ2n) is 3.91. The summed E-state index contributed by atoms with van der Waals surface area (Å²) < 4.78 is 5.26. The highest BCUT2D eigenvalue weighted by Gasteiger charge is 2.20. The first-order chi connectivity index (χ1) is 5.70. The van der Waals surface area contributed by atoms with Gasteiger partial charge in [0.2, 0.25) is 0 Å². The van der Waals surface area contributed by atoms with Crippen LogP contribution in [0.25, 0.3) is 0 Å². The Morgan fingerprint density at radius 2 is 2.17 bits per heavy atom. The molecule has 0 saturated heterocycles. The maximum atomic E-state index is 11.1. The summed E-state index contributed by atoms with van der Waals surface area (Å²) in [6.45, 7) is 4.90. The van der Waals surface area contributed by atoms with Crippen LogP contribution in [0.5, 0.6) is 0 Å². The lowest BCUT2D eigenvalue weighted by Gasteiger charge is -2.04. The lowest BCUT2D eigenvalue weighted by molar-refractivity contribution is -0.126. The van der Waals surface area contributed by atoms with Gasteiger partial charge >= 0.3 is 0 Å². The molecule has 1 rings (SSSR count). The zero-order chi connectivity index (χ0) is 8.97. The van der Waals surface area contributed by atoms with E-state index in [9.17, 15) is 4.79 Å². The van der Waals surface area contributed by atoms with Gasteiger partial charge in [-0.1, -0.05) is 26.7 Å². The topological polar surface area (TPSA) is 26.3 Å². The normalized spacial score (nSPS) is 16.9. The molecule has 0 aromatic rings. The quantitative estimate of drug-likeness (QED) is 0.570. The van der Waals surface area contributed by atoms with E-state index in [1.807, 2.05) is 13.8 Å². The van der Waals surface area contributed by atoms with Gasteiger partial charge in [0.15, 0.2) is 5.78 Å². The van der Waals surface area contributed by atoms with E-state index in [4.69, 9.17) is 4.74 Å². The van der Waals surface area contributed by atoms with E-state index in [-0.39, 0.29) is 11.7 Å². The van der Waals surface area contributed by atoms with Gasteiger partial charge < -0.3 is 4.74 Å². The molecule has 0 aromatic carbocycles. The Labute approximate surface area is 74.3 Å². The molecular weight excluding hydrogens is 152 g/mol. The summed E-state index contributed by atoms with van der Waals surface area (Å²) in [4.78, 5) is 11.1. The van der Waals surface area contributed by atoms with E-state index in [1.54, 1.807) is 0 Å². The van der Waals surface area contributed by atoms with E-state index < -0.39 is 0 Å². The minimum absolute atomic E-state index is 0.117. The zero-order valence-corrected chi connectivity index (χ0v) is 8.01. The minimum Gasteiger partial charge on any atom is -0.374 e. The molecule has 0 aliphatic heterocycles. The van der Waals surface area contributed by atoms with Crippen LogP contribution in [-0.2, 0) is 9.53 Å². The van der Waals surface area contributed by atoms with Crippen LogP contribution in [0, 0.1) is 11.8 Å². The van der Waals surface area contributed by atoms with Gasteiger partial charge in [0.05, 0.1) is 0 Å². The van der Waals surface area contributed by atoms with Crippen LogP contribution in [0.1, 0.15) is 33.1 Å². The Balaban J connectivity index is 1.90. The first-order valence-electron chi connectivity index (χ1n) is 4.80. The van der Waals surface area contributed by atoms with Crippen molar-refractivity contribution in [2.75, 3.05) is 13.2 Å². The Morgan fingerprint density at radius 3 is 2.67 bits per heavy atom. The van der Waals surface area contributed by atoms with Crippen molar-refractivity contribution < 1.29 is 9.53 Å². The third kappa shape index (κ3) is 3.86. The van der Waals surface area contributed by atoms with Gasteiger partial charge in [-0.3, -0.25) is 4.79 Å². The molecule has 0 N–H and O–H groups in total. The van der Waals surface area contributed by atoms with E-state index in [0.29, 0.717) is 6.61 Å². The summed E-state index contributed by atoms with van der Waals surface area (Å²) in [5.74, 6) is 1.23. The van der Waals surface area contributed by atoms with Gasteiger partial charge in [0.25, 0.3) is 0 Å². The molecule has 12 heavy (non-hydrogen) atoms. The van der Waals surface area contributed by atoms with E-state index in [0.717, 1.165) is 18.9 Å². The molecule has 0 amide bonds. The van der Waals surface area contributed by atoms with Gasteiger partial charge in [-0.15, -0.1) is 0 Å². The SMILES string of the molecule is CC(C)C(=O)COCCC1CC1. The summed E-state index contributed by atoms with van der Waals surface area (Å²) >= 11 is 0. The Bertz CT molecular complexity index is 148. The number of Topliss-reactive ketones (excluding diaryl/α,β-unsaturated/α-hetero) is 1. The molecule has 2 heteroatoms. The van der Waals surface area contributed by atoms with E-state index >= 15 is 0 Å². The van der Waals surface area contributed by atoms with Gasteiger partial charge in [0, 0.05) is 12.5 Å². The van der Waals surface area contributed by atoms with Crippen molar-refractivity contribution in [3.63, 3.8) is 0 Å². The number of rotatable bonds is 6. The predicted molar refractivity (Wildman–Crippen MR) is 48.0 cm³/mol. The minimum atomic E-state index is 0.117. The van der Waals surface area contributed by atoms with Gasteiger partial charge in [-0.25, -0.2) is 0 Å². The molecule has 1 saturated carbocycles. The van der Waals surface area contributed by atoms with Gasteiger partial charge in [-0.2, -0.15) is 0 Å². The van der Waals surface area contributed by atoms with Crippen molar-refractivity contribution in [3.05, 3.63) is 0 Å². The highest BCUT2D eigenvalue weighted by Crippen LogP contribution is 2.31. The molecule has 0 spiro atoms. The fraction of sp³-hybridized carbons (Fsp3) is 0.900. The summed E-state index contributed by atoms with van der Waals surface area (Å²) in [7, 11) is 0. The average Bonchev–Trinajstić information content (AvgIpc) is 2.80. The lowest BCUT2D eigenvalue weighted by Crippen LogP contribution is -2.15. The molecule has 0 radical (unpaired) electrons. The smallest absolute Gasteiger partial charge is 0.160 e. The number of ether oxygens (including phenoxy) is 1. The van der Waals surface area contributed by atoms with Crippen molar-refractivity contribution in [2.24, 2.45) is 11.8 Å². The van der Waals surface area contributed by atoms with E-state index in [1.165, 1.54) is 12.8 Å². The molecular formula is C10H18O2. The highest BCUT2D eigenvalue weighted by molar-refractivity contribution is 5.81. The summed E-state index contributed by atoms with van der Waals surface area (Å²) in [6.07, 6.45) is 3.87. The van der Waals surface area contributed by atoms with E-state index in [2.05, 4.69) is 0 Å². The summed E-state index contributed by atoms with van der Waals surface area (Å²) in [5.41, 5.74) is 0. The van der Waals surface area contributed by atoms with Crippen molar-refractivity contribution in [1.29, 1.82) is 0 Å². The monoisotopic (exact) mass is 170 g/mol. The molecule has 70 valence electrons. The van der Waals surface area contributed by atoms with Crippen LogP contribution in [0.3, 0.4) is 0 Å². The second-order valence-corrected chi connectivity index (χ2v) is 3.91. The van der Waals surface area contributed by atoms with Crippen molar-refractivity contribution in [1.82, 2.24) is 0 Å². The van der Waals surface area contributed by atoms with Crippen LogP contribution >= 0.6 is 0 Å². The molecule has 0 aromatic heterocycles. The zero-order valence-electron chi connectivity index (χ0n) is 8.01. The Kier molecular flexibility index (Phi) is 3.73. The van der Waals surface area contributed by atoms with Crippen LogP contribution in [0.4, 0.5) is 0 Å². The number of carbonyl (C=O) groups is 1. The van der Waals surface area contributed by atoms with Crippen molar-refractivity contribution in [3.8, 4) is 0 Å². The number of carbonyl (C=O) groups excluding carboxylic acids is 1. The summed E-state index contributed by atoms with van der Waals surface area (Å²) in [5, 5.41) is 0. The third-order valence-corrected chi connectivity index (χ3v) is 2.26. The molecule has 0 atom stereocenters.